The van der Waals surface area contributed by atoms with Crippen molar-refractivity contribution in [3.8, 4) is 0 Å². The third-order valence-electron chi connectivity index (χ3n) is 4.02. The van der Waals surface area contributed by atoms with Crippen molar-refractivity contribution in [3.63, 3.8) is 0 Å². The van der Waals surface area contributed by atoms with E-state index in [1.54, 1.807) is 12.1 Å². The van der Waals surface area contributed by atoms with Gasteiger partial charge in [-0.05, 0) is 62.8 Å². The summed E-state index contributed by atoms with van der Waals surface area (Å²) in [5, 5.41) is 5.76. The highest BCUT2D eigenvalue weighted by molar-refractivity contribution is 5.96. The zero-order valence-corrected chi connectivity index (χ0v) is 14.3. The largest absolute Gasteiger partial charge is 0.352 e. The van der Waals surface area contributed by atoms with Crippen molar-refractivity contribution < 1.29 is 9.59 Å². The Morgan fingerprint density at radius 3 is 2.57 bits per heavy atom. The molecule has 1 aromatic carbocycles. The number of carbonyl (C=O) groups is 2. The van der Waals surface area contributed by atoms with E-state index >= 15 is 0 Å². The van der Waals surface area contributed by atoms with Crippen LogP contribution in [0.2, 0.25) is 0 Å². The van der Waals surface area contributed by atoms with Gasteiger partial charge in [0.05, 0.1) is 0 Å². The molecule has 0 spiro atoms. The molecule has 1 aliphatic rings. The van der Waals surface area contributed by atoms with Gasteiger partial charge >= 0.3 is 6.03 Å². The van der Waals surface area contributed by atoms with E-state index in [1.165, 1.54) is 12.8 Å². The Kier molecular flexibility index (Phi) is 6.02. The smallest absolute Gasteiger partial charge is 0.321 e. The van der Waals surface area contributed by atoms with Crippen LogP contribution in [0, 0.1) is 12.8 Å². The molecule has 5 nitrogen and oxygen atoms in total. The highest BCUT2D eigenvalue weighted by atomic mass is 16.2. The third kappa shape index (κ3) is 4.98. The quantitative estimate of drug-likeness (QED) is 0.809. The molecule has 0 unspecified atom stereocenters. The van der Waals surface area contributed by atoms with Gasteiger partial charge in [0, 0.05) is 30.9 Å². The third-order valence-corrected chi connectivity index (χ3v) is 4.02. The minimum atomic E-state index is -0.0881. The average Bonchev–Trinajstić information content (AvgIpc) is 3.33. The molecular formula is C18H27N3O2. The number of carbonyl (C=O) groups excluding carboxylic acids is 2. The fraction of sp³-hybridized carbons (Fsp3) is 0.556. The van der Waals surface area contributed by atoms with Crippen LogP contribution in [0.25, 0.3) is 0 Å². The van der Waals surface area contributed by atoms with Crippen molar-refractivity contribution >= 4 is 17.6 Å². The van der Waals surface area contributed by atoms with Crippen LogP contribution in [0.15, 0.2) is 18.2 Å². The molecule has 0 saturated heterocycles. The Labute approximate surface area is 138 Å². The number of nitrogens with one attached hydrogen (secondary N) is 2. The molecule has 0 atom stereocenters. The lowest BCUT2D eigenvalue weighted by Gasteiger charge is -2.23. The summed E-state index contributed by atoms with van der Waals surface area (Å²) >= 11 is 0. The van der Waals surface area contributed by atoms with Gasteiger partial charge in [0.2, 0.25) is 0 Å². The monoisotopic (exact) mass is 317 g/mol. The summed E-state index contributed by atoms with van der Waals surface area (Å²) < 4.78 is 0. The van der Waals surface area contributed by atoms with Gasteiger partial charge in [-0.2, -0.15) is 0 Å². The van der Waals surface area contributed by atoms with E-state index in [2.05, 4.69) is 17.6 Å². The minimum Gasteiger partial charge on any atom is -0.352 e. The Bertz CT molecular complexity index is 567. The number of amides is 3. The second-order valence-corrected chi connectivity index (χ2v) is 6.21. The van der Waals surface area contributed by atoms with Crippen molar-refractivity contribution in [3.05, 3.63) is 29.3 Å². The Balaban J connectivity index is 2.02. The SMILES string of the molecule is CCCN(CC1CC1)C(=O)Nc1ccc(C(=O)NCC)cc1C. The van der Waals surface area contributed by atoms with Crippen LogP contribution >= 0.6 is 0 Å². The van der Waals surface area contributed by atoms with Crippen molar-refractivity contribution in [2.24, 2.45) is 5.92 Å². The van der Waals surface area contributed by atoms with Gasteiger partial charge in [-0.15, -0.1) is 0 Å². The molecule has 126 valence electrons. The Morgan fingerprint density at radius 1 is 1.26 bits per heavy atom. The zero-order valence-electron chi connectivity index (χ0n) is 14.3. The molecule has 0 aromatic heterocycles. The summed E-state index contributed by atoms with van der Waals surface area (Å²) in [5.74, 6) is 0.586. The number of benzene rings is 1. The van der Waals surface area contributed by atoms with Crippen molar-refractivity contribution in [1.29, 1.82) is 0 Å². The lowest BCUT2D eigenvalue weighted by Crippen LogP contribution is -2.37. The molecule has 3 amide bonds. The standard InChI is InChI=1S/C18H27N3O2/c1-4-10-21(12-14-6-7-14)18(23)20-16-9-8-15(11-13(16)3)17(22)19-5-2/h8-9,11,14H,4-7,10,12H2,1-3H3,(H,19,22)(H,20,23). The van der Waals surface area contributed by atoms with Gasteiger partial charge in [0.1, 0.15) is 0 Å². The molecule has 1 aromatic rings. The molecule has 5 heteroatoms. The van der Waals surface area contributed by atoms with E-state index in [-0.39, 0.29) is 11.9 Å². The maximum Gasteiger partial charge on any atom is 0.321 e. The van der Waals surface area contributed by atoms with Crippen molar-refractivity contribution in [2.45, 2.75) is 40.0 Å². The lowest BCUT2D eigenvalue weighted by molar-refractivity contribution is 0.0955. The van der Waals surface area contributed by atoms with Crippen LogP contribution < -0.4 is 10.6 Å². The fourth-order valence-electron chi connectivity index (χ4n) is 2.56. The van der Waals surface area contributed by atoms with Crippen LogP contribution in [0.5, 0.6) is 0 Å². The molecule has 0 bridgehead atoms. The second-order valence-electron chi connectivity index (χ2n) is 6.21. The predicted molar refractivity (Wildman–Crippen MR) is 92.8 cm³/mol. The number of anilines is 1. The lowest BCUT2D eigenvalue weighted by atomic mass is 10.1. The summed E-state index contributed by atoms with van der Waals surface area (Å²) in [6.45, 7) is 8.10. The molecule has 1 aliphatic carbocycles. The number of nitrogens with zero attached hydrogens (tertiary/aromatic N) is 1. The average molecular weight is 317 g/mol. The number of rotatable bonds is 7. The number of aryl methyl sites for hydroxylation is 1. The maximum atomic E-state index is 12.5. The van der Waals surface area contributed by atoms with Crippen molar-refractivity contribution in [1.82, 2.24) is 10.2 Å². The second kappa shape index (κ2) is 7.99. The number of urea groups is 1. The molecule has 1 fully saturated rings. The van der Waals surface area contributed by atoms with Crippen molar-refractivity contribution in [2.75, 3.05) is 25.0 Å². The molecule has 0 aliphatic heterocycles. The summed E-state index contributed by atoms with van der Waals surface area (Å²) in [5.41, 5.74) is 2.27. The molecule has 23 heavy (non-hydrogen) atoms. The highest BCUT2D eigenvalue weighted by Crippen LogP contribution is 2.30. The first-order valence-electron chi connectivity index (χ1n) is 8.49. The number of hydrogen-bond donors (Lipinski definition) is 2. The van der Waals surface area contributed by atoms with Crippen LogP contribution in [0.3, 0.4) is 0 Å². The van der Waals surface area contributed by atoms with E-state index in [0.29, 0.717) is 18.0 Å². The molecule has 2 rings (SSSR count). The van der Waals surface area contributed by atoms with E-state index < -0.39 is 0 Å². The van der Waals surface area contributed by atoms with E-state index in [1.807, 2.05) is 24.8 Å². The summed E-state index contributed by atoms with van der Waals surface area (Å²) in [6.07, 6.45) is 3.41. The molecular weight excluding hydrogens is 290 g/mol. The summed E-state index contributed by atoms with van der Waals surface area (Å²) in [4.78, 5) is 26.2. The minimum absolute atomic E-state index is 0.0485. The van der Waals surface area contributed by atoms with Crippen LogP contribution in [-0.4, -0.2) is 36.5 Å². The van der Waals surface area contributed by atoms with E-state index in [9.17, 15) is 9.59 Å². The Morgan fingerprint density at radius 2 is 2.00 bits per heavy atom. The van der Waals surface area contributed by atoms with Gasteiger partial charge in [-0.1, -0.05) is 6.92 Å². The first-order valence-corrected chi connectivity index (χ1v) is 8.49. The summed E-state index contributed by atoms with van der Waals surface area (Å²) in [6, 6.07) is 5.32. The van der Waals surface area contributed by atoms with E-state index in [0.717, 1.165) is 30.8 Å². The van der Waals surface area contributed by atoms with Gasteiger partial charge in [0.15, 0.2) is 0 Å². The first kappa shape index (κ1) is 17.3. The van der Waals surface area contributed by atoms with Gasteiger partial charge in [0.25, 0.3) is 5.91 Å². The molecule has 0 heterocycles. The van der Waals surface area contributed by atoms with Crippen LogP contribution in [0.4, 0.5) is 10.5 Å². The van der Waals surface area contributed by atoms with Gasteiger partial charge in [-0.25, -0.2) is 4.79 Å². The fourth-order valence-corrected chi connectivity index (χ4v) is 2.56. The van der Waals surface area contributed by atoms with E-state index in [4.69, 9.17) is 0 Å². The Hall–Kier alpha value is -2.04. The molecule has 1 saturated carbocycles. The van der Waals surface area contributed by atoms with Crippen LogP contribution in [0.1, 0.15) is 49.0 Å². The number of hydrogen-bond acceptors (Lipinski definition) is 2. The van der Waals surface area contributed by atoms with Crippen LogP contribution in [-0.2, 0) is 0 Å². The normalized spacial score (nSPS) is 13.5. The maximum absolute atomic E-state index is 12.5. The molecule has 2 N–H and O–H groups in total. The molecule has 0 radical (unpaired) electrons. The zero-order chi connectivity index (χ0) is 16.8. The first-order chi connectivity index (χ1) is 11.0. The highest BCUT2D eigenvalue weighted by Gasteiger charge is 2.26. The van der Waals surface area contributed by atoms with Gasteiger partial charge < -0.3 is 15.5 Å². The van der Waals surface area contributed by atoms with Gasteiger partial charge in [-0.3, -0.25) is 4.79 Å². The topological polar surface area (TPSA) is 61.4 Å². The predicted octanol–water partition coefficient (Wildman–Crippen LogP) is 3.40. The summed E-state index contributed by atoms with van der Waals surface area (Å²) in [7, 11) is 0.